The number of β-amino-alcohol motifs (C(OH)–C–C–N with tert-alkyl or cyclic N) is 1. The van der Waals surface area contributed by atoms with Crippen LogP contribution in [0.3, 0.4) is 0 Å². The predicted molar refractivity (Wildman–Crippen MR) is 122 cm³/mol. The number of hydrogen-bond donors (Lipinski definition) is 1. The van der Waals surface area contributed by atoms with Gasteiger partial charge in [-0.2, -0.15) is 4.31 Å². The summed E-state index contributed by atoms with van der Waals surface area (Å²) in [6.07, 6.45) is -0.253. The number of carbonyl (C=O) groups excluding carboxylic acids is 1. The molecule has 0 saturated carbocycles. The maximum absolute atomic E-state index is 13.6. The Bertz CT molecular complexity index is 934. The molecule has 1 aromatic rings. The fourth-order valence-electron chi connectivity index (χ4n) is 4.86. The summed E-state index contributed by atoms with van der Waals surface area (Å²) < 4.78 is 40.4. The van der Waals surface area contributed by atoms with Crippen molar-refractivity contribution in [1.82, 2.24) is 14.1 Å². The third kappa shape index (κ3) is 5.75. The first-order valence-electron chi connectivity index (χ1n) is 11.7. The number of nitrogens with zero attached hydrogens (tertiary/aromatic N) is 3. The van der Waals surface area contributed by atoms with Crippen LogP contribution in [0.15, 0.2) is 29.2 Å². The SMILES string of the molecule is Cc1cccc(S(=O)(=O)N2C[C@H](O)COC[C@@H]3O[C@@H](CC(=O)N4CCN(C)CC4)CC[C@H]32)c1. The average Bonchev–Trinajstić information content (AvgIpc) is 2.77. The first-order valence-corrected chi connectivity index (χ1v) is 13.1. The van der Waals surface area contributed by atoms with E-state index in [0.717, 1.165) is 31.7 Å². The van der Waals surface area contributed by atoms with E-state index in [1.54, 1.807) is 18.2 Å². The molecule has 0 aliphatic carbocycles. The van der Waals surface area contributed by atoms with E-state index in [4.69, 9.17) is 9.47 Å². The maximum atomic E-state index is 13.6. The lowest BCUT2D eigenvalue weighted by atomic mass is 9.96. The molecule has 10 heteroatoms. The topological polar surface area (TPSA) is 99.6 Å². The van der Waals surface area contributed by atoms with Gasteiger partial charge >= 0.3 is 0 Å². The number of piperazine rings is 1. The Morgan fingerprint density at radius 3 is 2.64 bits per heavy atom. The molecule has 3 saturated heterocycles. The van der Waals surface area contributed by atoms with Crippen molar-refractivity contribution in [3.8, 4) is 0 Å². The molecule has 1 N–H and O–H groups in total. The van der Waals surface area contributed by atoms with Crippen molar-refractivity contribution in [2.75, 3.05) is 53.0 Å². The molecule has 0 unspecified atom stereocenters. The van der Waals surface area contributed by atoms with E-state index in [-0.39, 0.29) is 36.7 Å². The fourth-order valence-corrected chi connectivity index (χ4v) is 6.68. The standard InChI is InChI=1S/C23H35N3O6S/c1-17-4-3-5-20(12-17)33(29,30)26-14-18(27)15-31-16-22-21(26)7-6-19(32-22)13-23(28)25-10-8-24(2)9-11-25/h3-5,12,18-19,21-22,27H,6-11,13-16H2,1-2H3/t18-,19+,21+,22-/m0/s1. The number of ether oxygens (including phenoxy) is 2. The van der Waals surface area contributed by atoms with E-state index in [0.29, 0.717) is 19.3 Å². The third-order valence-corrected chi connectivity index (χ3v) is 8.68. The summed E-state index contributed by atoms with van der Waals surface area (Å²) >= 11 is 0. The van der Waals surface area contributed by atoms with E-state index >= 15 is 0 Å². The monoisotopic (exact) mass is 481 g/mol. The zero-order valence-electron chi connectivity index (χ0n) is 19.4. The molecule has 4 rings (SSSR count). The quantitative estimate of drug-likeness (QED) is 0.667. The van der Waals surface area contributed by atoms with Gasteiger partial charge in [0.15, 0.2) is 0 Å². The van der Waals surface area contributed by atoms with Crippen LogP contribution in [0.25, 0.3) is 0 Å². The third-order valence-electron chi connectivity index (χ3n) is 6.79. The highest BCUT2D eigenvalue weighted by Gasteiger charge is 2.43. The summed E-state index contributed by atoms with van der Waals surface area (Å²) in [5.41, 5.74) is 0.853. The van der Waals surface area contributed by atoms with Gasteiger partial charge in [0.05, 0.1) is 48.9 Å². The summed E-state index contributed by atoms with van der Waals surface area (Å²) in [5.74, 6) is 0.0815. The molecule has 4 atom stereocenters. The van der Waals surface area contributed by atoms with E-state index in [1.807, 2.05) is 24.9 Å². The molecule has 0 spiro atoms. The summed E-state index contributed by atoms with van der Waals surface area (Å²) in [4.78, 5) is 17.1. The van der Waals surface area contributed by atoms with Crippen LogP contribution in [0.1, 0.15) is 24.8 Å². The van der Waals surface area contributed by atoms with Crippen molar-refractivity contribution in [1.29, 1.82) is 0 Å². The smallest absolute Gasteiger partial charge is 0.243 e. The number of aliphatic hydroxyl groups is 1. The average molecular weight is 482 g/mol. The fraction of sp³-hybridized carbons (Fsp3) is 0.696. The second kappa shape index (κ2) is 10.4. The molecule has 3 heterocycles. The van der Waals surface area contributed by atoms with Gasteiger partial charge in [-0.25, -0.2) is 8.42 Å². The van der Waals surface area contributed by atoms with Crippen molar-refractivity contribution < 1.29 is 27.8 Å². The number of likely N-dealkylation sites (N-methyl/N-ethyl adjacent to an activating group) is 1. The lowest BCUT2D eigenvalue weighted by Crippen LogP contribution is -2.57. The van der Waals surface area contributed by atoms with E-state index < -0.39 is 28.3 Å². The molecule has 1 amide bonds. The van der Waals surface area contributed by atoms with Crippen LogP contribution in [-0.4, -0.2) is 111 Å². The van der Waals surface area contributed by atoms with Gasteiger partial charge in [-0.05, 0) is 44.5 Å². The van der Waals surface area contributed by atoms with Crippen LogP contribution >= 0.6 is 0 Å². The van der Waals surface area contributed by atoms with Gasteiger partial charge in [0.2, 0.25) is 15.9 Å². The number of fused-ring (bicyclic) bond motifs is 1. The van der Waals surface area contributed by atoms with Crippen molar-refractivity contribution in [3.63, 3.8) is 0 Å². The first kappa shape index (κ1) is 24.6. The number of hydrogen-bond acceptors (Lipinski definition) is 7. The molecular formula is C23H35N3O6S. The Morgan fingerprint density at radius 2 is 1.91 bits per heavy atom. The molecule has 3 fully saturated rings. The Balaban J connectivity index is 1.48. The normalized spacial score (nSPS) is 30.3. The van der Waals surface area contributed by atoms with Crippen molar-refractivity contribution >= 4 is 15.9 Å². The van der Waals surface area contributed by atoms with Gasteiger partial charge in [0, 0.05) is 32.7 Å². The lowest BCUT2D eigenvalue weighted by molar-refractivity contribution is -0.152. The summed E-state index contributed by atoms with van der Waals surface area (Å²) in [5, 5.41) is 10.3. The molecule has 1 aromatic carbocycles. The summed E-state index contributed by atoms with van der Waals surface area (Å²) in [7, 11) is -1.78. The maximum Gasteiger partial charge on any atom is 0.243 e. The molecule has 33 heavy (non-hydrogen) atoms. The lowest BCUT2D eigenvalue weighted by Gasteiger charge is -2.44. The zero-order chi connectivity index (χ0) is 23.6. The van der Waals surface area contributed by atoms with Gasteiger partial charge in [0.25, 0.3) is 0 Å². The van der Waals surface area contributed by atoms with Crippen LogP contribution in [0.5, 0.6) is 0 Å². The zero-order valence-corrected chi connectivity index (χ0v) is 20.2. The summed E-state index contributed by atoms with van der Waals surface area (Å²) in [6, 6.07) is 6.35. The Morgan fingerprint density at radius 1 is 1.15 bits per heavy atom. The molecule has 3 aliphatic heterocycles. The van der Waals surface area contributed by atoms with Crippen LogP contribution in [0.2, 0.25) is 0 Å². The summed E-state index contributed by atoms with van der Waals surface area (Å²) in [6.45, 7) is 5.19. The number of aryl methyl sites for hydroxylation is 1. The van der Waals surface area contributed by atoms with Gasteiger partial charge in [-0.1, -0.05) is 12.1 Å². The molecule has 0 bridgehead atoms. The number of aliphatic hydroxyl groups excluding tert-OH is 1. The molecule has 0 radical (unpaired) electrons. The highest BCUT2D eigenvalue weighted by atomic mass is 32.2. The minimum absolute atomic E-state index is 0.0390. The number of benzene rings is 1. The van der Waals surface area contributed by atoms with Gasteiger partial charge in [-0.3, -0.25) is 4.79 Å². The Hall–Kier alpha value is -1.56. The number of sulfonamides is 1. The number of amides is 1. The van der Waals surface area contributed by atoms with E-state index in [1.165, 1.54) is 4.31 Å². The molecule has 0 aromatic heterocycles. The number of rotatable bonds is 4. The first-order chi connectivity index (χ1) is 15.7. The Labute approximate surface area is 196 Å². The number of carbonyl (C=O) groups is 1. The largest absolute Gasteiger partial charge is 0.389 e. The van der Waals surface area contributed by atoms with Crippen molar-refractivity contribution in [2.24, 2.45) is 0 Å². The van der Waals surface area contributed by atoms with Crippen LogP contribution in [0, 0.1) is 6.92 Å². The van der Waals surface area contributed by atoms with Crippen LogP contribution < -0.4 is 0 Å². The van der Waals surface area contributed by atoms with E-state index in [2.05, 4.69) is 4.90 Å². The minimum Gasteiger partial charge on any atom is -0.389 e. The van der Waals surface area contributed by atoms with Crippen LogP contribution in [-0.2, 0) is 24.3 Å². The molecular weight excluding hydrogens is 446 g/mol. The van der Waals surface area contributed by atoms with Gasteiger partial charge in [-0.15, -0.1) is 0 Å². The Kier molecular flexibility index (Phi) is 7.72. The molecule has 184 valence electrons. The highest BCUT2D eigenvalue weighted by molar-refractivity contribution is 7.89. The second-order valence-electron chi connectivity index (χ2n) is 9.41. The van der Waals surface area contributed by atoms with Gasteiger partial charge in [0.1, 0.15) is 0 Å². The van der Waals surface area contributed by atoms with Crippen LogP contribution in [0.4, 0.5) is 0 Å². The highest BCUT2D eigenvalue weighted by Crippen LogP contribution is 2.32. The molecule has 9 nitrogen and oxygen atoms in total. The van der Waals surface area contributed by atoms with Crippen molar-refractivity contribution in [3.05, 3.63) is 29.8 Å². The minimum atomic E-state index is -3.83. The predicted octanol–water partition coefficient (Wildman–Crippen LogP) is 0.457. The second-order valence-corrected chi connectivity index (χ2v) is 11.3. The van der Waals surface area contributed by atoms with Gasteiger partial charge < -0.3 is 24.4 Å². The van der Waals surface area contributed by atoms with Crippen molar-refractivity contribution in [2.45, 2.75) is 55.4 Å². The van der Waals surface area contributed by atoms with E-state index in [9.17, 15) is 18.3 Å². The molecule has 3 aliphatic rings.